The highest BCUT2D eigenvalue weighted by atomic mass is 16.1. The number of rotatable bonds is 4. The fraction of sp³-hybridized carbons (Fsp3) is 0.321. The first-order valence-corrected chi connectivity index (χ1v) is 11.8. The fourth-order valence-corrected chi connectivity index (χ4v) is 3.87. The van der Waals surface area contributed by atoms with Gasteiger partial charge in [0.05, 0.1) is 0 Å². The van der Waals surface area contributed by atoms with Crippen molar-refractivity contribution in [2.75, 3.05) is 6.54 Å². The molecular formula is C28H32N6O. The predicted octanol–water partition coefficient (Wildman–Crippen LogP) is 4.81. The number of aromatic nitrogens is 4. The molecule has 0 unspecified atom stereocenters. The highest BCUT2D eigenvalue weighted by Crippen LogP contribution is 2.29. The van der Waals surface area contributed by atoms with Crippen molar-refractivity contribution in [3.63, 3.8) is 0 Å². The molecule has 7 nitrogen and oxygen atoms in total. The van der Waals surface area contributed by atoms with Crippen molar-refractivity contribution < 1.29 is 0 Å². The third-order valence-corrected chi connectivity index (χ3v) is 5.86. The summed E-state index contributed by atoms with van der Waals surface area (Å²) in [6.45, 7) is 14.0. The average Bonchev–Trinajstić information content (AvgIpc) is 2.86. The lowest BCUT2D eigenvalue weighted by Crippen LogP contribution is -2.30. The van der Waals surface area contributed by atoms with Gasteiger partial charge in [-0.3, -0.25) is 14.3 Å². The largest absolute Gasteiger partial charge is 0.367 e. The first-order valence-electron chi connectivity index (χ1n) is 11.8. The molecule has 3 aromatic heterocycles. The molecule has 0 spiro atoms. The van der Waals surface area contributed by atoms with Gasteiger partial charge in [0, 0.05) is 73.7 Å². The van der Waals surface area contributed by atoms with Gasteiger partial charge in [0.15, 0.2) is 0 Å². The first kappa shape index (κ1) is 25.6. The normalized spacial score (nSPS) is 12.8. The zero-order chi connectivity index (χ0) is 25.5. The standard InChI is InChI=1S/C25H24N6O.C3H8/c1-16(10-24-27-7-5-25(32)30(24)4)18(3)31-8-6-23-20(15-31)11-19(13-29-23)22-14-28-21(12-26)9-17(22)2;1-3-2/h5,7,9-11,13-14H,3,6,8,15H2,1-2,4H3;3H2,1-2H3/b16-10-;. The molecule has 0 saturated carbocycles. The van der Waals surface area contributed by atoms with Crippen LogP contribution in [0.4, 0.5) is 0 Å². The second-order valence-electron chi connectivity index (χ2n) is 8.68. The minimum Gasteiger partial charge on any atom is -0.367 e. The van der Waals surface area contributed by atoms with Crippen molar-refractivity contribution in [2.24, 2.45) is 7.05 Å². The first-order chi connectivity index (χ1) is 16.8. The average molecular weight is 469 g/mol. The summed E-state index contributed by atoms with van der Waals surface area (Å²) in [5, 5.41) is 9.07. The van der Waals surface area contributed by atoms with Crippen LogP contribution in [-0.2, 0) is 20.0 Å². The Bertz CT molecular complexity index is 1360. The molecule has 0 aromatic carbocycles. The van der Waals surface area contributed by atoms with Crippen LogP contribution in [0.3, 0.4) is 0 Å². The summed E-state index contributed by atoms with van der Waals surface area (Å²) in [7, 11) is 1.71. The lowest BCUT2D eigenvalue weighted by Gasteiger charge is -2.32. The van der Waals surface area contributed by atoms with E-state index < -0.39 is 0 Å². The summed E-state index contributed by atoms with van der Waals surface area (Å²) in [5.74, 6) is 0.598. The van der Waals surface area contributed by atoms with Crippen LogP contribution < -0.4 is 5.56 Å². The number of fused-ring (bicyclic) bond motifs is 1. The topological polar surface area (TPSA) is 87.7 Å². The number of aryl methyl sites for hydroxylation is 1. The van der Waals surface area contributed by atoms with Gasteiger partial charge >= 0.3 is 0 Å². The Morgan fingerprint density at radius 2 is 1.97 bits per heavy atom. The van der Waals surface area contributed by atoms with Gasteiger partial charge < -0.3 is 4.90 Å². The second-order valence-corrected chi connectivity index (χ2v) is 8.68. The van der Waals surface area contributed by atoms with Gasteiger partial charge in [0.25, 0.3) is 5.56 Å². The zero-order valence-corrected chi connectivity index (χ0v) is 21.2. The Morgan fingerprint density at radius 3 is 2.66 bits per heavy atom. The van der Waals surface area contributed by atoms with E-state index in [2.05, 4.69) is 47.4 Å². The van der Waals surface area contributed by atoms with Crippen LogP contribution >= 0.6 is 0 Å². The molecule has 1 aliphatic heterocycles. The lowest BCUT2D eigenvalue weighted by atomic mass is 9.98. The van der Waals surface area contributed by atoms with E-state index in [1.807, 2.05) is 26.1 Å². The van der Waals surface area contributed by atoms with Crippen LogP contribution in [0.1, 0.15) is 55.5 Å². The molecule has 0 fully saturated rings. The zero-order valence-electron chi connectivity index (χ0n) is 21.2. The third kappa shape index (κ3) is 5.90. The van der Waals surface area contributed by atoms with E-state index in [4.69, 9.17) is 10.2 Å². The van der Waals surface area contributed by atoms with Gasteiger partial charge in [-0.2, -0.15) is 5.26 Å². The van der Waals surface area contributed by atoms with E-state index in [9.17, 15) is 4.79 Å². The van der Waals surface area contributed by atoms with Crippen molar-refractivity contribution in [3.8, 4) is 17.2 Å². The van der Waals surface area contributed by atoms with Gasteiger partial charge in [-0.15, -0.1) is 0 Å². The molecule has 4 heterocycles. The maximum Gasteiger partial charge on any atom is 0.253 e. The van der Waals surface area contributed by atoms with Crippen molar-refractivity contribution in [2.45, 2.75) is 47.1 Å². The number of pyridine rings is 2. The molecule has 4 rings (SSSR count). The summed E-state index contributed by atoms with van der Waals surface area (Å²) in [4.78, 5) is 27.3. The Kier molecular flexibility index (Phi) is 8.32. The van der Waals surface area contributed by atoms with Crippen LogP contribution in [0.25, 0.3) is 17.2 Å². The molecule has 0 bridgehead atoms. The van der Waals surface area contributed by atoms with Crippen LogP contribution in [0.2, 0.25) is 0 Å². The molecule has 0 amide bonds. The maximum atomic E-state index is 11.9. The van der Waals surface area contributed by atoms with E-state index >= 15 is 0 Å². The summed E-state index contributed by atoms with van der Waals surface area (Å²) >= 11 is 0. The number of allylic oxidation sites excluding steroid dienone is 1. The highest BCUT2D eigenvalue weighted by Gasteiger charge is 2.20. The van der Waals surface area contributed by atoms with Crippen LogP contribution in [0.15, 0.2) is 59.4 Å². The summed E-state index contributed by atoms with van der Waals surface area (Å²) in [6, 6.07) is 7.47. The monoisotopic (exact) mass is 468 g/mol. The Morgan fingerprint density at radius 1 is 1.23 bits per heavy atom. The Balaban J connectivity index is 0.00000108. The molecule has 1 aliphatic rings. The molecule has 35 heavy (non-hydrogen) atoms. The van der Waals surface area contributed by atoms with E-state index in [0.29, 0.717) is 18.1 Å². The van der Waals surface area contributed by atoms with Gasteiger partial charge in [0.1, 0.15) is 17.6 Å². The molecule has 0 N–H and O–H groups in total. The molecule has 0 radical (unpaired) electrons. The maximum absolute atomic E-state index is 11.9. The van der Waals surface area contributed by atoms with Crippen molar-refractivity contribution in [3.05, 3.63) is 93.3 Å². The summed E-state index contributed by atoms with van der Waals surface area (Å²) in [6.07, 6.45) is 9.11. The molecule has 3 aromatic rings. The van der Waals surface area contributed by atoms with Crippen molar-refractivity contribution >= 4 is 6.08 Å². The lowest BCUT2D eigenvalue weighted by molar-refractivity contribution is 0.326. The smallest absolute Gasteiger partial charge is 0.253 e. The molecule has 180 valence electrons. The number of nitrogens with zero attached hydrogens (tertiary/aromatic N) is 6. The van der Waals surface area contributed by atoms with E-state index in [1.54, 1.807) is 19.3 Å². The minimum absolute atomic E-state index is 0.0947. The SMILES string of the molecule is C=C(/C(C)=C\c1nccc(=O)n1C)N1CCc2ncc(-c3cnc(C#N)cc3C)cc2C1.CCC. The number of hydrogen-bond donors (Lipinski definition) is 0. The number of nitriles is 1. The number of hydrogen-bond acceptors (Lipinski definition) is 6. The predicted molar refractivity (Wildman–Crippen MR) is 139 cm³/mol. The van der Waals surface area contributed by atoms with E-state index in [0.717, 1.165) is 52.2 Å². The Hall–Kier alpha value is -4.05. The van der Waals surface area contributed by atoms with Gasteiger partial charge in [-0.1, -0.05) is 26.8 Å². The molecular weight excluding hydrogens is 436 g/mol. The molecule has 0 aliphatic carbocycles. The van der Waals surface area contributed by atoms with Crippen LogP contribution in [0.5, 0.6) is 0 Å². The highest BCUT2D eigenvalue weighted by molar-refractivity contribution is 5.67. The quantitative estimate of drug-likeness (QED) is 0.511. The second kappa shape index (κ2) is 11.4. The van der Waals surface area contributed by atoms with Gasteiger partial charge in [0.2, 0.25) is 0 Å². The summed E-state index contributed by atoms with van der Waals surface area (Å²) < 4.78 is 1.52. The minimum atomic E-state index is -0.0947. The van der Waals surface area contributed by atoms with Crippen LogP contribution in [-0.4, -0.2) is 31.0 Å². The fourth-order valence-electron chi connectivity index (χ4n) is 3.87. The van der Waals surface area contributed by atoms with Gasteiger partial charge in [-0.25, -0.2) is 9.97 Å². The van der Waals surface area contributed by atoms with E-state index in [-0.39, 0.29) is 5.56 Å². The third-order valence-electron chi connectivity index (χ3n) is 5.86. The Labute approximate surface area is 207 Å². The molecule has 7 heteroatoms. The molecule has 0 saturated heterocycles. The van der Waals surface area contributed by atoms with Crippen molar-refractivity contribution in [1.29, 1.82) is 5.26 Å². The van der Waals surface area contributed by atoms with Crippen LogP contribution in [0, 0.1) is 18.3 Å². The molecule has 0 atom stereocenters. The van der Waals surface area contributed by atoms with Crippen molar-refractivity contribution in [1.82, 2.24) is 24.4 Å². The van der Waals surface area contributed by atoms with E-state index in [1.165, 1.54) is 23.3 Å². The summed E-state index contributed by atoms with van der Waals surface area (Å²) in [5.41, 5.74) is 7.37. The van der Waals surface area contributed by atoms with Gasteiger partial charge in [-0.05, 0) is 48.8 Å².